The molecule has 0 amide bonds. The lowest BCUT2D eigenvalue weighted by Gasteiger charge is -2.09. The molecule has 0 saturated heterocycles. The fourth-order valence-corrected chi connectivity index (χ4v) is 1.71. The second-order valence-electron chi connectivity index (χ2n) is 4.80. The van der Waals surface area contributed by atoms with Gasteiger partial charge in [0.2, 0.25) is 0 Å². The predicted octanol–water partition coefficient (Wildman–Crippen LogP) is 2.54. The number of benzene rings is 1. The highest BCUT2D eigenvalue weighted by Gasteiger charge is 2.11. The third-order valence-corrected chi connectivity index (χ3v) is 2.79. The van der Waals surface area contributed by atoms with Gasteiger partial charge in [0.15, 0.2) is 12.4 Å². The molecule has 0 aliphatic rings. The molecule has 0 fully saturated rings. The first-order valence-corrected chi connectivity index (χ1v) is 6.35. The van der Waals surface area contributed by atoms with Crippen molar-refractivity contribution in [3.8, 4) is 5.75 Å². The minimum absolute atomic E-state index is 0.247. The lowest BCUT2D eigenvalue weighted by molar-refractivity contribution is 0.240. The van der Waals surface area contributed by atoms with Crippen LogP contribution < -0.4 is 10.5 Å². The Morgan fingerprint density at radius 1 is 1.37 bits per heavy atom. The average Bonchev–Trinajstić information content (AvgIpc) is 2.86. The van der Waals surface area contributed by atoms with Crippen molar-refractivity contribution in [1.29, 1.82) is 0 Å². The van der Waals surface area contributed by atoms with Crippen LogP contribution in [0, 0.1) is 6.92 Å². The van der Waals surface area contributed by atoms with E-state index < -0.39 is 0 Å². The molecule has 1 aromatic heterocycles. The van der Waals surface area contributed by atoms with Gasteiger partial charge in [-0.3, -0.25) is 0 Å². The van der Waals surface area contributed by atoms with Gasteiger partial charge in [0.05, 0.1) is 0 Å². The monoisotopic (exact) mass is 261 g/mol. The molecule has 2 rings (SSSR count). The number of nitrogens with zero attached hydrogens (tertiary/aromatic N) is 2. The van der Waals surface area contributed by atoms with Gasteiger partial charge in [-0.25, -0.2) is 0 Å². The van der Waals surface area contributed by atoms with Crippen molar-refractivity contribution in [2.24, 2.45) is 5.73 Å². The summed E-state index contributed by atoms with van der Waals surface area (Å²) in [6.45, 7) is 6.76. The average molecular weight is 261 g/mol. The van der Waals surface area contributed by atoms with Crippen LogP contribution in [0.2, 0.25) is 0 Å². The summed E-state index contributed by atoms with van der Waals surface area (Å²) >= 11 is 0. The maximum absolute atomic E-state index is 5.70. The van der Waals surface area contributed by atoms with Gasteiger partial charge in [0.1, 0.15) is 5.75 Å². The zero-order chi connectivity index (χ0) is 13.8. The third-order valence-electron chi connectivity index (χ3n) is 2.79. The van der Waals surface area contributed by atoms with Crippen LogP contribution in [-0.4, -0.2) is 10.1 Å². The number of hydrogen-bond acceptors (Lipinski definition) is 5. The van der Waals surface area contributed by atoms with Crippen LogP contribution in [-0.2, 0) is 13.2 Å². The van der Waals surface area contributed by atoms with Crippen molar-refractivity contribution in [3.63, 3.8) is 0 Å². The number of nitrogens with two attached hydrogens (primary N) is 1. The molecule has 0 radical (unpaired) electrons. The molecule has 102 valence electrons. The maximum atomic E-state index is 5.70. The standard InChI is InChI=1S/C14H19N3O2/c1-9(2)14-16-13(19-17-14)8-18-12-5-4-10(3)6-11(12)7-15/h4-6,9H,7-8,15H2,1-3H3. The van der Waals surface area contributed by atoms with Crippen LogP contribution in [0.1, 0.15) is 42.6 Å². The summed E-state index contributed by atoms with van der Waals surface area (Å²) in [6.07, 6.45) is 0. The summed E-state index contributed by atoms with van der Waals surface area (Å²) in [6, 6.07) is 5.92. The highest BCUT2D eigenvalue weighted by Crippen LogP contribution is 2.20. The maximum Gasteiger partial charge on any atom is 0.264 e. The van der Waals surface area contributed by atoms with Crippen molar-refractivity contribution in [2.75, 3.05) is 0 Å². The van der Waals surface area contributed by atoms with Crippen LogP contribution in [0.25, 0.3) is 0 Å². The van der Waals surface area contributed by atoms with Crippen LogP contribution in [0.15, 0.2) is 22.7 Å². The van der Waals surface area contributed by atoms with E-state index in [1.165, 1.54) is 0 Å². The van der Waals surface area contributed by atoms with Crippen LogP contribution in [0.4, 0.5) is 0 Å². The number of rotatable bonds is 5. The van der Waals surface area contributed by atoms with Crippen molar-refractivity contribution < 1.29 is 9.26 Å². The van der Waals surface area contributed by atoms with E-state index in [4.69, 9.17) is 15.0 Å². The van der Waals surface area contributed by atoms with Gasteiger partial charge in [-0.2, -0.15) is 4.98 Å². The van der Waals surface area contributed by atoms with Gasteiger partial charge < -0.3 is 15.0 Å². The molecule has 2 aromatic rings. The molecule has 0 spiro atoms. The lowest BCUT2D eigenvalue weighted by Crippen LogP contribution is -2.03. The Morgan fingerprint density at radius 2 is 2.16 bits per heavy atom. The Hall–Kier alpha value is -1.88. The van der Waals surface area contributed by atoms with E-state index in [9.17, 15) is 0 Å². The second kappa shape index (κ2) is 5.84. The minimum atomic E-state index is 0.247. The molecule has 0 atom stereocenters. The molecule has 1 heterocycles. The Labute approximate surface area is 112 Å². The first-order chi connectivity index (χ1) is 9.10. The molecule has 0 unspecified atom stereocenters. The van der Waals surface area contributed by atoms with Gasteiger partial charge in [0.25, 0.3) is 5.89 Å². The molecular formula is C14H19N3O2. The Bertz CT molecular complexity index is 549. The Morgan fingerprint density at radius 3 is 2.79 bits per heavy atom. The Balaban J connectivity index is 2.05. The zero-order valence-electron chi connectivity index (χ0n) is 11.5. The number of ether oxygens (including phenoxy) is 1. The minimum Gasteiger partial charge on any atom is -0.483 e. The number of aromatic nitrogens is 2. The summed E-state index contributed by atoms with van der Waals surface area (Å²) in [5.74, 6) is 2.18. The smallest absolute Gasteiger partial charge is 0.264 e. The first-order valence-electron chi connectivity index (χ1n) is 6.35. The summed E-state index contributed by atoms with van der Waals surface area (Å²) in [4.78, 5) is 4.26. The quantitative estimate of drug-likeness (QED) is 0.895. The number of hydrogen-bond donors (Lipinski definition) is 1. The van der Waals surface area contributed by atoms with Crippen LogP contribution >= 0.6 is 0 Å². The molecule has 0 saturated carbocycles. The van der Waals surface area contributed by atoms with E-state index in [-0.39, 0.29) is 12.5 Å². The summed E-state index contributed by atoms with van der Waals surface area (Å²) < 4.78 is 10.8. The topological polar surface area (TPSA) is 74.2 Å². The van der Waals surface area contributed by atoms with Gasteiger partial charge in [-0.15, -0.1) is 0 Å². The van der Waals surface area contributed by atoms with E-state index in [2.05, 4.69) is 10.1 Å². The van der Waals surface area contributed by atoms with Crippen LogP contribution in [0.3, 0.4) is 0 Å². The molecule has 1 aromatic carbocycles. The van der Waals surface area contributed by atoms with Crippen molar-refractivity contribution in [2.45, 2.75) is 39.8 Å². The molecule has 0 aliphatic heterocycles. The summed E-state index contributed by atoms with van der Waals surface area (Å²) in [5.41, 5.74) is 7.84. The fourth-order valence-electron chi connectivity index (χ4n) is 1.71. The molecule has 2 N–H and O–H groups in total. The largest absolute Gasteiger partial charge is 0.483 e. The lowest BCUT2D eigenvalue weighted by atomic mass is 10.1. The van der Waals surface area contributed by atoms with Crippen molar-refractivity contribution in [1.82, 2.24) is 10.1 Å². The first kappa shape index (κ1) is 13.5. The predicted molar refractivity (Wildman–Crippen MR) is 71.8 cm³/mol. The van der Waals surface area contributed by atoms with Gasteiger partial charge >= 0.3 is 0 Å². The third kappa shape index (κ3) is 3.32. The van der Waals surface area contributed by atoms with E-state index in [1.54, 1.807) is 0 Å². The second-order valence-corrected chi connectivity index (χ2v) is 4.80. The zero-order valence-corrected chi connectivity index (χ0v) is 11.5. The van der Waals surface area contributed by atoms with Crippen LogP contribution in [0.5, 0.6) is 5.75 Å². The molecule has 5 heteroatoms. The highest BCUT2D eigenvalue weighted by atomic mass is 16.5. The van der Waals surface area contributed by atoms with E-state index in [0.717, 1.165) is 16.9 Å². The van der Waals surface area contributed by atoms with Crippen molar-refractivity contribution >= 4 is 0 Å². The Kier molecular flexibility index (Phi) is 4.16. The van der Waals surface area contributed by atoms with Crippen molar-refractivity contribution in [3.05, 3.63) is 41.0 Å². The molecule has 0 bridgehead atoms. The molecular weight excluding hydrogens is 242 g/mol. The molecule has 5 nitrogen and oxygen atoms in total. The van der Waals surface area contributed by atoms with Gasteiger partial charge in [-0.05, 0) is 13.0 Å². The van der Waals surface area contributed by atoms with E-state index >= 15 is 0 Å². The number of aryl methyl sites for hydroxylation is 1. The fraction of sp³-hybridized carbons (Fsp3) is 0.429. The van der Waals surface area contributed by atoms with Gasteiger partial charge in [-0.1, -0.05) is 36.7 Å². The summed E-state index contributed by atoms with van der Waals surface area (Å²) in [7, 11) is 0. The summed E-state index contributed by atoms with van der Waals surface area (Å²) in [5, 5.41) is 3.89. The molecule has 19 heavy (non-hydrogen) atoms. The van der Waals surface area contributed by atoms with E-state index in [0.29, 0.717) is 18.3 Å². The van der Waals surface area contributed by atoms with E-state index in [1.807, 2.05) is 39.0 Å². The normalized spacial score (nSPS) is 11.0. The highest BCUT2D eigenvalue weighted by molar-refractivity contribution is 5.36. The SMILES string of the molecule is Cc1ccc(OCc2nc(C(C)C)no2)c(CN)c1. The molecule has 0 aliphatic carbocycles. The van der Waals surface area contributed by atoms with Gasteiger partial charge in [0, 0.05) is 18.0 Å².